The van der Waals surface area contributed by atoms with E-state index in [1.54, 1.807) is 0 Å². The van der Waals surface area contributed by atoms with Crippen LogP contribution in [0.3, 0.4) is 0 Å². The molecular weight excluding hydrogens is 260 g/mol. The van der Waals surface area contributed by atoms with Gasteiger partial charge in [0.25, 0.3) is 0 Å². The molecule has 0 radical (unpaired) electrons. The van der Waals surface area contributed by atoms with Gasteiger partial charge in [0.05, 0.1) is 0 Å². The van der Waals surface area contributed by atoms with Crippen LogP contribution in [0.15, 0.2) is 48.5 Å². The van der Waals surface area contributed by atoms with Gasteiger partial charge in [-0.1, -0.05) is 18.2 Å². The first-order chi connectivity index (χ1) is 9.65. The number of nitrogens with one attached hydrogen (secondary N) is 1. The van der Waals surface area contributed by atoms with Crippen LogP contribution in [0, 0.1) is 11.6 Å². The van der Waals surface area contributed by atoms with E-state index in [1.807, 2.05) is 37.3 Å². The second kappa shape index (κ2) is 7.01. The molecule has 0 amide bonds. The molecule has 4 heteroatoms. The van der Waals surface area contributed by atoms with E-state index < -0.39 is 11.6 Å². The summed E-state index contributed by atoms with van der Waals surface area (Å²) in [7, 11) is 0. The van der Waals surface area contributed by atoms with Gasteiger partial charge in [0.1, 0.15) is 24.0 Å². The Hall–Kier alpha value is -1.94. The summed E-state index contributed by atoms with van der Waals surface area (Å²) >= 11 is 0. The highest BCUT2D eigenvalue weighted by molar-refractivity contribution is 5.21. The standard InChI is InChI=1S/C16H17F2NO/c1-12(13-9-14(17)11-15(18)10-13)19-7-8-20-16-5-3-2-4-6-16/h2-6,9-12,19H,7-8H2,1H3. The Morgan fingerprint density at radius 1 is 1.05 bits per heavy atom. The van der Waals surface area contributed by atoms with E-state index >= 15 is 0 Å². The van der Waals surface area contributed by atoms with Gasteiger partial charge >= 0.3 is 0 Å². The normalized spacial score (nSPS) is 12.2. The number of para-hydroxylation sites is 1. The van der Waals surface area contributed by atoms with Crippen LogP contribution in [0.25, 0.3) is 0 Å². The van der Waals surface area contributed by atoms with E-state index in [4.69, 9.17) is 4.74 Å². The highest BCUT2D eigenvalue weighted by Crippen LogP contribution is 2.15. The van der Waals surface area contributed by atoms with Crippen molar-refractivity contribution in [2.45, 2.75) is 13.0 Å². The van der Waals surface area contributed by atoms with Gasteiger partial charge in [0.15, 0.2) is 0 Å². The predicted octanol–water partition coefficient (Wildman–Crippen LogP) is 3.69. The van der Waals surface area contributed by atoms with Crippen molar-refractivity contribution < 1.29 is 13.5 Å². The molecule has 2 aromatic carbocycles. The molecule has 1 N–H and O–H groups in total. The van der Waals surface area contributed by atoms with Crippen molar-refractivity contribution in [3.63, 3.8) is 0 Å². The first kappa shape index (κ1) is 14.5. The number of hydrogen-bond donors (Lipinski definition) is 1. The fourth-order valence-corrected chi connectivity index (χ4v) is 1.90. The minimum Gasteiger partial charge on any atom is -0.492 e. The fraction of sp³-hybridized carbons (Fsp3) is 0.250. The monoisotopic (exact) mass is 277 g/mol. The summed E-state index contributed by atoms with van der Waals surface area (Å²) in [5, 5.41) is 3.17. The summed E-state index contributed by atoms with van der Waals surface area (Å²) < 4.78 is 31.7. The third-order valence-corrected chi connectivity index (χ3v) is 2.95. The second-order valence-corrected chi connectivity index (χ2v) is 4.54. The molecule has 1 atom stereocenters. The zero-order valence-electron chi connectivity index (χ0n) is 11.3. The van der Waals surface area contributed by atoms with Crippen molar-refractivity contribution in [1.82, 2.24) is 5.32 Å². The third-order valence-electron chi connectivity index (χ3n) is 2.95. The molecule has 2 rings (SSSR count). The molecule has 1 unspecified atom stereocenters. The molecule has 0 aromatic heterocycles. The molecule has 0 fully saturated rings. The van der Waals surface area contributed by atoms with Gasteiger partial charge in [0, 0.05) is 18.7 Å². The number of rotatable bonds is 6. The number of benzene rings is 2. The Balaban J connectivity index is 1.79. The van der Waals surface area contributed by atoms with Crippen molar-refractivity contribution >= 4 is 0 Å². The first-order valence-corrected chi connectivity index (χ1v) is 6.52. The van der Waals surface area contributed by atoms with Crippen molar-refractivity contribution in [1.29, 1.82) is 0 Å². The summed E-state index contributed by atoms with van der Waals surface area (Å²) in [6, 6.07) is 12.9. The lowest BCUT2D eigenvalue weighted by molar-refractivity contribution is 0.307. The van der Waals surface area contributed by atoms with Crippen LogP contribution in [0.1, 0.15) is 18.5 Å². The smallest absolute Gasteiger partial charge is 0.126 e. The molecule has 0 bridgehead atoms. The highest BCUT2D eigenvalue weighted by Gasteiger charge is 2.08. The minimum absolute atomic E-state index is 0.139. The van der Waals surface area contributed by atoms with Gasteiger partial charge in [-0.3, -0.25) is 0 Å². The average Bonchev–Trinajstić information content (AvgIpc) is 2.43. The maximum atomic E-state index is 13.1. The summed E-state index contributed by atoms with van der Waals surface area (Å²) in [5.41, 5.74) is 0.585. The fourth-order valence-electron chi connectivity index (χ4n) is 1.90. The largest absolute Gasteiger partial charge is 0.492 e. The molecule has 0 saturated heterocycles. The van der Waals surface area contributed by atoms with Crippen LogP contribution in [0.5, 0.6) is 5.75 Å². The van der Waals surface area contributed by atoms with E-state index in [0.29, 0.717) is 18.7 Å². The van der Waals surface area contributed by atoms with Gasteiger partial charge in [-0.2, -0.15) is 0 Å². The summed E-state index contributed by atoms with van der Waals surface area (Å²) in [6.45, 7) is 2.94. The minimum atomic E-state index is -0.561. The molecule has 0 aliphatic rings. The second-order valence-electron chi connectivity index (χ2n) is 4.54. The molecule has 0 aliphatic heterocycles. The van der Waals surface area contributed by atoms with E-state index in [9.17, 15) is 8.78 Å². The van der Waals surface area contributed by atoms with Crippen molar-refractivity contribution in [2.24, 2.45) is 0 Å². The summed E-state index contributed by atoms with van der Waals surface area (Å²) in [6.07, 6.45) is 0. The Bertz CT molecular complexity index is 525. The Kier molecular flexibility index (Phi) is 5.07. The molecule has 2 aromatic rings. The zero-order valence-corrected chi connectivity index (χ0v) is 11.3. The van der Waals surface area contributed by atoms with Crippen LogP contribution in [0.2, 0.25) is 0 Å². The van der Waals surface area contributed by atoms with Crippen molar-refractivity contribution in [3.05, 3.63) is 65.7 Å². The van der Waals surface area contributed by atoms with E-state index in [1.165, 1.54) is 12.1 Å². The first-order valence-electron chi connectivity index (χ1n) is 6.52. The SMILES string of the molecule is CC(NCCOc1ccccc1)c1cc(F)cc(F)c1. The van der Waals surface area contributed by atoms with Gasteiger partial charge in [-0.25, -0.2) is 8.78 Å². The van der Waals surface area contributed by atoms with Crippen LogP contribution >= 0.6 is 0 Å². The van der Waals surface area contributed by atoms with Crippen LogP contribution in [0.4, 0.5) is 8.78 Å². The molecular formula is C16H17F2NO. The van der Waals surface area contributed by atoms with Crippen molar-refractivity contribution in [3.8, 4) is 5.75 Å². The van der Waals surface area contributed by atoms with Gasteiger partial charge in [0.2, 0.25) is 0 Å². The molecule has 0 spiro atoms. The molecule has 106 valence electrons. The molecule has 0 heterocycles. The topological polar surface area (TPSA) is 21.3 Å². The van der Waals surface area contributed by atoms with E-state index in [0.717, 1.165) is 11.8 Å². The maximum absolute atomic E-state index is 13.1. The van der Waals surface area contributed by atoms with Crippen molar-refractivity contribution in [2.75, 3.05) is 13.2 Å². The lowest BCUT2D eigenvalue weighted by Gasteiger charge is -2.15. The van der Waals surface area contributed by atoms with E-state index in [2.05, 4.69) is 5.32 Å². The molecule has 0 saturated carbocycles. The Labute approximate surface area is 117 Å². The predicted molar refractivity (Wildman–Crippen MR) is 74.7 cm³/mol. The number of ether oxygens (including phenoxy) is 1. The molecule has 2 nitrogen and oxygen atoms in total. The lowest BCUT2D eigenvalue weighted by atomic mass is 10.1. The molecule has 20 heavy (non-hydrogen) atoms. The molecule has 0 aliphatic carbocycles. The quantitative estimate of drug-likeness (QED) is 0.813. The van der Waals surface area contributed by atoms with Crippen LogP contribution in [-0.4, -0.2) is 13.2 Å². The average molecular weight is 277 g/mol. The van der Waals surface area contributed by atoms with Gasteiger partial charge in [-0.05, 0) is 36.8 Å². The number of hydrogen-bond acceptors (Lipinski definition) is 2. The third kappa shape index (κ3) is 4.31. The summed E-state index contributed by atoms with van der Waals surface area (Å²) in [4.78, 5) is 0. The highest BCUT2D eigenvalue weighted by atomic mass is 19.1. The maximum Gasteiger partial charge on any atom is 0.126 e. The lowest BCUT2D eigenvalue weighted by Crippen LogP contribution is -2.24. The Morgan fingerprint density at radius 2 is 1.70 bits per heavy atom. The van der Waals surface area contributed by atoms with Crippen LogP contribution in [-0.2, 0) is 0 Å². The van der Waals surface area contributed by atoms with Gasteiger partial charge in [-0.15, -0.1) is 0 Å². The summed E-state index contributed by atoms with van der Waals surface area (Å²) in [5.74, 6) is -0.317. The zero-order chi connectivity index (χ0) is 14.4. The Morgan fingerprint density at radius 3 is 2.35 bits per heavy atom. The number of halogens is 2. The van der Waals surface area contributed by atoms with Crippen LogP contribution < -0.4 is 10.1 Å². The van der Waals surface area contributed by atoms with Gasteiger partial charge < -0.3 is 10.1 Å². The van der Waals surface area contributed by atoms with E-state index in [-0.39, 0.29) is 6.04 Å².